The molecular weight excluding hydrogens is 536 g/mol. The third kappa shape index (κ3) is 5.44. The number of amides is 1. The highest BCUT2D eigenvalue weighted by atomic mass is 32.2. The van der Waals surface area contributed by atoms with Gasteiger partial charge in [-0.2, -0.15) is 0 Å². The van der Waals surface area contributed by atoms with E-state index in [0.29, 0.717) is 22.3 Å². The summed E-state index contributed by atoms with van der Waals surface area (Å²) in [6, 6.07) is 0. The predicted octanol–water partition coefficient (Wildman–Crippen LogP) is 4.04. The van der Waals surface area contributed by atoms with E-state index in [2.05, 4.69) is 42.9 Å². The van der Waals surface area contributed by atoms with Gasteiger partial charge in [0, 0.05) is 23.2 Å². The number of ether oxygens (including phenoxy) is 1. The molecule has 1 amide bonds. The molecule has 8 atom stereocenters. The third-order valence-corrected chi connectivity index (χ3v) is 11.9. The van der Waals surface area contributed by atoms with E-state index in [1.165, 1.54) is 23.1 Å². The highest BCUT2D eigenvalue weighted by Gasteiger charge is 2.68. The second-order valence-corrected chi connectivity index (χ2v) is 14.7. The van der Waals surface area contributed by atoms with Crippen LogP contribution in [0.1, 0.15) is 59.8 Å². The smallest absolute Gasteiger partial charge is 0.316 e. The van der Waals surface area contributed by atoms with Crippen LogP contribution in [-0.4, -0.2) is 76.5 Å². The molecule has 3 fully saturated rings. The number of esters is 1. The molecule has 0 unspecified atom stereocenters. The number of hydrogen-bond donors (Lipinski definition) is 2. The van der Waals surface area contributed by atoms with Gasteiger partial charge in [0.1, 0.15) is 11.9 Å². The van der Waals surface area contributed by atoms with E-state index in [4.69, 9.17) is 4.74 Å². The lowest BCUT2D eigenvalue weighted by Crippen LogP contribution is -2.63. The van der Waals surface area contributed by atoms with Gasteiger partial charge in [-0.25, -0.2) is 0 Å². The van der Waals surface area contributed by atoms with Crippen molar-refractivity contribution in [1.82, 2.24) is 15.1 Å². The molecule has 1 aromatic rings. The number of carbonyl (C=O) groups excluding carboxylic acids is 3. The minimum atomic E-state index is -0.695. The van der Waals surface area contributed by atoms with Crippen LogP contribution in [0, 0.1) is 34.0 Å². The van der Waals surface area contributed by atoms with Crippen molar-refractivity contribution in [3.05, 3.63) is 12.7 Å². The maximum absolute atomic E-state index is 13.5. The van der Waals surface area contributed by atoms with Crippen LogP contribution in [0.15, 0.2) is 17.0 Å². The normalized spacial score (nSPS) is 38.1. The predicted molar refractivity (Wildman–Crippen MR) is 152 cm³/mol. The Morgan fingerprint density at radius 2 is 2.00 bits per heavy atom. The van der Waals surface area contributed by atoms with Gasteiger partial charge in [0.25, 0.3) is 0 Å². The highest BCUT2D eigenvalue weighted by Crippen LogP contribution is 2.68. The van der Waals surface area contributed by atoms with Gasteiger partial charge in [0.2, 0.25) is 11.0 Å². The second-order valence-electron chi connectivity index (χ2n) is 12.5. The molecule has 2 N–H and O–H groups in total. The average Bonchev–Trinajstić information content (AvgIpc) is 3.47. The minimum absolute atomic E-state index is 0.0226. The van der Waals surface area contributed by atoms with E-state index in [1.54, 1.807) is 25.1 Å². The summed E-state index contributed by atoms with van der Waals surface area (Å²) in [5.41, 5.74) is -1.52. The molecule has 4 rings (SSSR count). The third-order valence-electron chi connectivity index (χ3n) is 10.0. The molecule has 9 nitrogen and oxygen atoms in total. The topological polar surface area (TPSA) is 122 Å². The highest BCUT2D eigenvalue weighted by molar-refractivity contribution is 8.01. The second kappa shape index (κ2) is 11.2. The van der Waals surface area contributed by atoms with Gasteiger partial charge in [-0.15, -0.1) is 16.8 Å². The number of nitrogens with zero attached hydrogens (tertiary/aromatic N) is 3. The molecule has 11 heteroatoms. The molecule has 3 aliphatic rings. The molecule has 2 bridgehead atoms. The average molecular weight is 579 g/mol. The molecule has 3 aliphatic carbocycles. The van der Waals surface area contributed by atoms with Crippen LogP contribution in [0.25, 0.3) is 0 Å². The van der Waals surface area contributed by atoms with Crippen molar-refractivity contribution >= 4 is 45.9 Å². The maximum Gasteiger partial charge on any atom is 0.316 e. The van der Waals surface area contributed by atoms with Crippen LogP contribution in [0.3, 0.4) is 0 Å². The number of thioether (sulfide) groups is 1. The van der Waals surface area contributed by atoms with Gasteiger partial charge < -0.3 is 14.7 Å². The first-order chi connectivity index (χ1) is 18.3. The van der Waals surface area contributed by atoms with Crippen molar-refractivity contribution in [2.24, 2.45) is 34.0 Å². The molecule has 1 heterocycles. The largest absolute Gasteiger partial charge is 0.461 e. The van der Waals surface area contributed by atoms with Gasteiger partial charge in [-0.1, -0.05) is 56.9 Å². The van der Waals surface area contributed by atoms with Crippen LogP contribution in [0.2, 0.25) is 0 Å². The molecule has 0 spiro atoms. The number of ketones is 1. The van der Waals surface area contributed by atoms with Crippen LogP contribution >= 0.6 is 23.1 Å². The lowest BCUT2D eigenvalue weighted by Gasteiger charge is -2.61. The number of aliphatic hydroxyl groups excluding tert-OH is 1. The number of carbonyl (C=O) groups is 3. The Kier molecular flexibility index (Phi) is 8.67. The number of Topliss-reactive ketones (excluding diaryl/α,β-unsaturated/α-hetero) is 1. The molecule has 0 aliphatic heterocycles. The van der Waals surface area contributed by atoms with Crippen LogP contribution in [-0.2, 0) is 19.1 Å². The number of hydrogen-bond acceptors (Lipinski definition) is 10. The SMILES string of the molecule is C=C[C@]1(C)C[C@@H](OC(=O)CSc2nnc(NC(=O)CN(C)C)s2)[C@]2(C)[C@H](C)CC[C@]3(CCC(=O)[C@H]32)[C@@H](C)[C@@H]1O. The fourth-order valence-electron chi connectivity index (χ4n) is 7.58. The maximum atomic E-state index is 13.5. The Labute approximate surface area is 239 Å². The number of aromatic nitrogens is 2. The van der Waals surface area contributed by atoms with E-state index in [0.717, 1.165) is 19.3 Å². The summed E-state index contributed by atoms with van der Waals surface area (Å²) in [5, 5.41) is 22.8. The number of rotatable bonds is 8. The van der Waals surface area contributed by atoms with Crippen molar-refractivity contribution in [3.8, 4) is 0 Å². The first-order valence-electron chi connectivity index (χ1n) is 13.7. The summed E-state index contributed by atoms with van der Waals surface area (Å²) in [5.74, 6) is -0.479. The standard InChI is InChI=1S/C28H42N4O5S2/c1-8-26(4)13-19(37-21(35)15-38-25-31-30-24(39-25)29-20(34)14-32(6)7)27(5)16(2)9-11-28(17(3)23(26)36)12-10-18(33)22(27)28/h8,16-17,19,22-23,36H,1,9-15H2,2-7H3,(H,29,30,34)/t16-,17+,19-,22+,23+,26-,27+,28+/m1/s1. The zero-order chi connectivity index (χ0) is 28.8. The molecule has 216 valence electrons. The quantitative estimate of drug-likeness (QED) is 0.204. The summed E-state index contributed by atoms with van der Waals surface area (Å²) in [6.07, 6.45) is 4.06. The summed E-state index contributed by atoms with van der Waals surface area (Å²) < 4.78 is 6.82. The molecule has 3 saturated carbocycles. The van der Waals surface area contributed by atoms with Gasteiger partial charge in [-0.05, 0) is 57.0 Å². The summed E-state index contributed by atoms with van der Waals surface area (Å²) >= 11 is 2.41. The lowest BCUT2D eigenvalue weighted by atomic mass is 9.44. The Balaban J connectivity index is 1.54. The lowest BCUT2D eigenvalue weighted by molar-refractivity contribution is -0.205. The molecule has 0 saturated heterocycles. The summed E-state index contributed by atoms with van der Waals surface area (Å²) in [7, 11) is 3.61. The molecular formula is C28H42N4O5S2. The van der Waals surface area contributed by atoms with Crippen molar-refractivity contribution < 1.29 is 24.2 Å². The minimum Gasteiger partial charge on any atom is -0.461 e. The van der Waals surface area contributed by atoms with E-state index >= 15 is 0 Å². The van der Waals surface area contributed by atoms with Crippen LogP contribution in [0.4, 0.5) is 5.13 Å². The Morgan fingerprint density at radius 1 is 1.28 bits per heavy atom. The molecule has 0 aromatic carbocycles. The molecule has 0 radical (unpaired) electrons. The molecule has 1 aromatic heterocycles. The van der Waals surface area contributed by atoms with E-state index in [9.17, 15) is 19.5 Å². The van der Waals surface area contributed by atoms with Crippen molar-refractivity contribution in [2.75, 3.05) is 31.7 Å². The Hall–Kier alpha value is -1.82. The van der Waals surface area contributed by atoms with Crippen LogP contribution in [0.5, 0.6) is 0 Å². The molecule has 39 heavy (non-hydrogen) atoms. The Morgan fingerprint density at radius 3 is 2.67 bits per heavy atom. The van der Waals surface area contributed by atoms with Gasteiger partial charge in [0.05, 0.1) is 18.4 Å². The number of nitrogens with one attached hydrogen (secondary N) is 1. The number of likely N-dealkylation sites (N-methyl/N-ethyl adjacent to an activating group) is 1. The fourth-order valence-corrected chi connectivity index (χ4v) is 9.13. The zero-order valence-corrected chi connectivity index (χ0v) is 25.5. The van der Waals surface area contributed by atoms with E-state index < -0.39 is 29.0 Å². The van der Waals surface area contributed by atoms with Gasteiger partial charge >= 0.3 is 5.97 Å². The van der Waals surface area contributed by atoms with E-state index in [1.807, 2.05) is 6.92 Å². The summed E-state index contributed by atoms with van der Waals surface area (Å²) in [4.78, 5) is 40.5. The summed E-state index contributed by atoms with van der Waals surface area (Å²) in [6.45, 7) is 12.7. The first-order valence-corrected chi connectivity index (χ1v) is 15.5. The van der Waals surface area contributed by atoms with Crippen LogP contribution < -0.4 is 5.32 Å². The van der Waals surface area contributed by atoms with Crippen molar-refractivity contribution in [2.45, 2.75) is 76.3 Å². The Bertz CT molecular complexity index is 1130. The van der Waals surface area contributed by atoms with Crippen molar-refractivity contribution in [1.29, 1.82) is 0 Å². The number of aliphatic hydroxyl groups is 1. The van der Waals surface area contributed by atoms with E-state index in [-0.39, 0.29) is 47.2 Å². The van der Waals surface area contributed by atoms with Gasteiger partial charge in [0.15, 0.2) is 4.34 Å². The number of anilines is 1. The van der Waals surface area contributed by atoms with Gasteiger partial charge in [-0.3, -0.25) is 19.7 Å². The monoisotopic (exact) mass is 578 g/mol. The fraction of sp³-hybridized carbons (Fsp3) is 0.750. The van der Waals surface area contributed by atoms with Crippen molar-refractivity contribution in [3.63, 3.8) is 0 Å². The first kappa shape index (κ1) is 30.1. The zero-order valence-electron chi connectivity index (χ0n) is 23.9.